The van der Waals surface area contributed by atoms with Gasteiger partial charge in [-0.05, 0) is 29.3 Å². The van der Waals surface area contributed by atoms with Crippen LogP contribution in [0.5, 0.6) is 5.75 Å². The van der Waals surface area contributed by atoms with Crippen LogP contribution in [0.3, 0.4) is 0 Å². The maximum absolute atomic E-state index is 12.9. The molecule has 2 aromatic carbocycles. The average molecular weight is 354 g/mol. The van der Waals surface area contributed by atoms with Crippen LogP contribution in [-0.4, -0.2) is 30.4 Å². The fraction of sp³-hybridized carbons (Fsp3) is 0.300. The average Bonchev–Trinajstić information content (AvgIpc) is 3.28. The van der Waals surface area contributed by atoms with E-state index in [1.165, 1.54) is 12.1 Å². The summed E-state index contributed by atoms with van der Waals surface area (Å²) >= 11 is 0. The highest BCUT2D eigenvalue weighted by Crippen LogP contribution is 2.28. The number of nitrogens with one attached hydrogen (secondary N) is 1. The highest BCUT2D eigenvalue weighted by molar-refractivity contribution is 5.87. The lowest BCUT2D eigenvalue weighted by atomic mass is 10.0. The molecule has 2 unspecified atom stereocenters. The molecule has 2 aromatic rings. The van der Waals surface area contributed by atoms with Gasteiger partial charge in [-0.25, -0.2) is 4.39 Å². The van der Waals surface area contributed by atoms with Crippen LogP contribution < -0.4 is 10.1 Å². The molecule has 2 atom stereocenters. The molecule has 5 nitrogen and oxygen atoms in total. The van der Waals surface area contributed by atoms with Gasteiger partial charge in [-0.15, -0.1) is 0 Å². The SMILES string of the molecule is O=C(NCC1CC(Cc2ccc(F)cc2)=NO1)C1Cc2ccccc2O1. The van der Waals surface area contributed by atoms with Crippen LogP contribution >= 0.6 is 0 Å². The molecule has 0 spiro atoms. The van der Waals surface area contributed by atoms with Crippen molar-refractivity contribution in [1.29, 1.82) is 0 Å². The molecule has 0 aliphatic carbocycles. The summed E-state index contributed by atoms with van der Waals surface area (Å²) in [5.41, 5.74) is 2.92. The largest absolute Gasteiger partial charge is 0.480 e. The van der Waals surface area contributed by atoms with Gasteiger partial charge in [0.2, 0.25) is 0 Å². The highest BCUT2D eigenvalue weighted by Gasteiger charge is 2.30. The Balaban J connectivity index is 1.23. The van der Waals surface area contributed by atoms with Crippen molar-refractivity contribution in [3.05, 3.63) is 65.5 Å². The van der Waals surface area contributed by atoms with Crippen molar-refractivity contribution >= 4 is 11.6 Å². The Morgan fingerprint density at radius 2 is 1.96 bits per heavy atom. The molecular weight excluding hydrogens is 335 g/mol. The fourth-order valence-electron chi connectivity index (χ4n) is 3.19. The Kier molecular flexibility index (Phi) is 4.56. The third kappa shape index (κ3) is 3.69. The van der Waals surface area contributed by atoms with Crippen molar-refractivity contribution in [3.63, 3.8) is 0 Å². The number of carbonyl (C=O) groups excluding carboxylic acids is 1. The van der Waals surface area contributed by atoms with E-state index in [1.54, 1.807) is 12.1 Å². The third-order valence-electron chi connectivity index (χ3n) is 4.56. The summed E-state index contributed by atoms with van der Waals surface area (Å²) in [4.78, 5) is 17.7. The standard InChI is InChI=1S/C20H19FN2O3/c21-15-7-5-13(6-8-15)9-16-11-17(26-23-16)12-22-20(24)19-10-14-3-1-2-4-18(14)25-19/h1-8,17,19H,9-12H2,(H,22,24). The molecule has 0 aromatic heterocycles. The molecule has 0 saturated carbocycles. The predicted octanol–water partition coefficient (Wildman–Crippen LogP) is 2.63. The Labute approximate surface area is 150 Å². The lowest BCUT2D eigenvalue weighted by Crippen LogP contribution is -2.41. The number of nitrogens with zero attached hydrogens (tertiary/aromatic N) is 1. The van der Waals surface area contributed by atoms with Crippen molar-refractivity contribution in [2.75, 3.05) is 6.54 Å². The van der Waals surface area contributed by atoms with Crippen molar-refractivity contribution in [1.82, 2.24) is 5.32 Å². The minimum atomic E-state index is -0.492. The van der Waals surface area contributed by atoms with Gasteiger partial charge in [-0.3, -0.25) is 4.79 Å². The first-order chi connectivity index (χ1) is 12.7. The zero-order valence-electron chi connectivity index (χ0n) is 14.2. The Morgan fingerprint density at radius 3 is 2.77 bits per heavy atom. The molecule has 134 valence electrons. The van der Waals surface area contributed by atoms with E-state index < -0.39 is 6.10 Å². The number of para-hydroxylation sites is 1. The maximum Gasteiger partial charge on any atom is 0.261 e. The second kappa shape index (κ2) is 7.15. The molecule has 0 bridgehead atoms. The summed E-state index contributed by atoms with van der Waals surface area (Å²) in [5, 5.41) is 6.96. The van der Waals surface area contributed by atoms with Gasteiger partial charge < -0.3 is 14.9 Å². The quantitative estimate of drug-likeness (QED) is 0.898. The molecule has 6 heteroatoms. The summed E-state index contributed by atoms with van der Waals surface area (Å²) in [6.45, 7) is 0.380. The Bertz CT molecular complexity index is 810. The molecule has 26 heavy (non-hydrogen) atoms. The van der Waals surface area contributed by atoms with Gasteiger partial charge in [0.25, 0.3) is 5.91 Å². The molecular formula is C20H19FN2O3. The first kappa shape index (κ1) is 16.6. The Morgan fingerprint density at radius 1 is 1.15 bits per heavy atom. The number of oxime groups is 1. The molecule has 1 N–H and O–H groups in total. The van der Waals surface area contributed by atoms with Gasteiger partial charge in [0.1, 0.15) is 17.7 Å². The molecule has 4 rings (SSSR count). The molecule has 1 amide bonds. The second-order valence-corrected chi connectivity index (χ2v) is 6.56. The number of carbonyl (C=O) groups is 1. The molecule has 0 saturated heterocycles. The molecule has 2 aliphatic heterocycles. The van der Waals surface area contributed by atoms with Gasteiger partial charge in [-0.1, -0.05) is 35.5 Å². The number of rotatable bonds is 5. The van der Waals surface area contributed by atoms with E-state index in [-0.39, 0.29) is 17.8 Å². The third-order valence-corrected chi connectivity index (χ3v) is 4.56. The van der Waals surface area contributed by atoms with E-state index in [0.717, 1.165) is 22.6 Å². The van der Waals surface area contributed by atoms with Crippen LogP contribution in [0.25, 0.3) is 0 Å². The number of ether oxygens (including phenoxy) is 1. The normalized spacial score (nSPS) is 20.7. The van der Waals surface area contributed by atoms with Crippen molar-refractivity contribution in [3.8, 4) is 5.75 Å². The summed E-state index contributed by atoms with van der Waals surface area (Å²) in [6, 6.07) is 14.0. The van der Waals surface area contributed by atoms with E-state index in [1.807, 2.05) is 24.3 Å². The first-order valence-electron chi connectivity index (χ1n) is 8.65. The minimum absolute atomic E-state index is 0.142. The summed E-state index contributed by atoms with van der Waals surface area (Å²) in [6.07, 6.45) is 1.17. The molecule has 0 radical (unpaired) electrons. The maximum atomic E-state index is 12.9. The van der Waals surface area contributed by atoms with E-state index >= 15 is 0 Å². The summed E-state index contributed by atoms with van der Waals surface area (Å²) < 4.78 is 18.6. The first-order valence-corrected chi connectivity index (χ1v) is 8.65. The lowest BCUT2D eigenvalue weighted by Gasteiger charge is -2.13. The van der Waals surface area contributed by atoms with Crippen LogP contribution in [0.2, 0.25) is 0 Å². The van der Waals surface area contributed by atoms with Crippen molar-refractivity contribution in [2.45, 2.75) is 31.5 Å². The zero-order chi connectivity index (χ0) is 17.9. The number of benzene rings is 2. The topological polar surface area (TPSA) is 59.9 Å². The molecule has 0 fully saturated rings. The van der Waals surface area contributed by atoms with Crippen LogP contribution in [0.15, 0.2) is 53.7 Å². The lowest BCUT2D eigenvalue weighted by molar-refractivity contribution is -0.127. The van der Waals surface area contributed by atoms with Crippen LogP contribution in [0.1, 0.15) is 17.5 Å². The van der Waals surface area contributed by atoms with Gasteiger partial charge >= 0.3 is 0 Å². The number of fused-ring (bicyclic) bond motifs is 1. The van der Waals surface area contributed by atoms with Crippen LogP contribution in [-0.2, 0) is 22.5 Å². The van der Waals surface area contributed by atoms with Crippen molar-refractivity contribution in [2.24, 2.45) is 5.16 Å². The van der Waals surface area contributed by atoms with Gasteiger partial charge in [0.15, 0.2) is 6.10 Å². The van der Waals surface area contributed by atoms with E-state index in [4.69, 9.17) is 9.57 Å². The number of hydrogen-bond donors (Lipinski definition) is 1. The fourth-order valence-corrected chi connectivity index (χ4v) is 3.19. The van der Waals surface area contributed by atoms with Crippen molar-refractivity contribution < 1.29 is 18.8 Å². The monoisotopic (exact) mass is 354 g/mol. The second-order valence-electron chi connectivity index (χ2n) is 6.56. The zero-order valence-corrected chi connectivity index (χ0v) is 14.2. The minimum Gasteiger partial charge on any atom is -0.480 e. The predicted molar refractivity (Wildman–Crippen MR) is 94.6 cm³/mol. The van der Waals surface area contributed by atoms with E-state index in [0.29, 0.717) is 25.8 Å². The number of hydrogen-bond acceptors (Lipinski definition) is 4. The smallest absolute Gasteiger partial charge is 0.261 e. The van der Waals surface area contributed by atoms with Crippen LogP contribution in [0, 0.1) is 5.82 Å². The molecule has 2 aliphatic rings. The summed E-state index contributed by atoms with van der Waals surface area (Å²) in [7, 11) is 0. The molecule has 2 heterocycles. The van der Waals surface area contributed by atoms with Gasteiger partial charge in [0, 0.05) is 19.3 Å². The Hall–Kier alpha value is -2.89. The highest BCUT2D eigenvalue weighted by atomic mass is 19.1. The van der Waals surface area contributed by atoms with Crippen LogP contribution in [0.4, 0.5) is 4.39 Å². The summed E-state index contributed by atoms with van der Waals surface area (Å²) in [5.74, 6) is 0.377. The van der Waals surface area contributed by atoms with E-state index in [9.17, 15) is 9.18 Å². The van der Waals surface area contributed by atoms with Gasteiger partial charge in [-0.2, -0.15) is 0 Å². The number of amides is 1. The van der Waals surface area contributed by atoms with Gasteiger partial charge in [0.05, 0.1) is 12.3 Å². The van der Waals surface area contributed by atoms with E-state index in [2.05, 4.69) is 10.5 Å². The number of halogens is 1.